The summed E-state index contributed by atoms with van der Waals surface area (Å²) >= 11 is 10.2. The van der Waals surface area contributed by atoms with E-state index in [4.69, 9.17) is 11.6 Å². The fourth-order valence-electron chi connectivity index (χ4n) is 4.55. The third kappa shape index (κ3) is 2.42. The fourth-order valence-corrected chi connectivity index (χ4v) is 5.54. The molecule has 27 heavy (non-hydrogen) atoms. The van der Waals surface area contributed by atoms with E-state index in [1.165, 1.54) is 33.0 Å². The van der Waals surface area contributed by atoms with Gasteiger partial charge in [-0.1, -0.05) is 96.0 Å². The van der Waals surface area contributed by atoms with Gasteiger partial charge in [-0.25, -0.2) is 0 Å². The van der Waals surface area contributed by atoms with Crippen molar-refractivity contribution in [1.82, 2.24) is 0 Å². The van der Waals surface area contributed by atoms with Gasteiger partial charge in [0.2, 0.25) is 0 Å². The molecule has 0 unspecified atom stereocenters. The molecule has 0 N–H and O–H groups in total. The zero-order valence-electron chi connectivity index (χ0n) is 15.2. The first-order valence-electron chi connectivity index (χ1n) is 9.10. The zero-order valence-corrected chi connectivity index (χ0v) is 17.5. The van der Waals surface area contributed by atoms with Crippen LogP contribution in [0.2, 0.25) is 5.02 Å². The van der Waals surface area contributed by atoms with Crippen molar-refractivity contribution in [3.63, 3.8) is 0 Å². The molecular weight excluding hydrogens is 416 g/mol. The molecular formula is C25H18BrCl. The Labute approximate surface area is 172 Å². The molecule has 0 saturated heterocycles. The highest BCUT2D eigenvalue weighted by Crippen LogP contribution is 2.52. The van der Waals surface area contributed by atoms with Gasteiger partial charge in [0.05, 0.1) is 0 Å². The number of fused-ring (bicyclic) bond motifs is 5. The monoisotopic (exact) mass is 432 g/mol. The van der Waals surface area contributed by atoms with Gasteiger partial charge in [0.25, 0.3) is 0 Å². The van der Waals surface area contributed by atoms with Gasteiger partial charge in [0.1, 0.15) is 0 Å². The van der Waals surface area contributed by atoms with Gasteiger partial charge in [0.15, 0.2) is 0 Å². The Morgan fingerprint density at radius 1 is 0.815 bits per heavy atom. The maximum Gasteiger partial charge on any atom is 0.0495 e. The molecule has 1 aliphatic carbocycles. The summed E-state index contributed by atoms with van der Waals surface area (Å²) in [6, 6.07) is 25.9. The lowest BCUT2D eigenvalue weighted by atomic mass is 9.80. The molecule has 1 aliphatic rings. The van der Waals surface area contributed by atoms with Gasteiger partial charge in [-0.05, 0) is 56.8 Å². The minimum atomic E-state index is -0.0260. The summed E-state index contributed by atoms with van der Waals surface area (Å²) in [6.45, 7) is 4.66. The van der Waals surface area contributed by atoms with Gasteiger partial charge in [-0.3, -0.25) is 0 Å². The van der Waals surface area contributed by atoms with Crippen molar-refractivity contribution in [3.8, 4) is 22.3 Å². The molecule has 2 heteroatoms. The summed E-state index contributed by atoms with van der Waals surface area (Å²) in [7, 11) is 0. The number of rotatable bonds is 1. The summed E-state index contributed by atoms with van der Waals surface area (Å²) < 4.78 is 1.02. The van der Waals surface area contributed by atoms with Crippen molar-refractivity contribution in [2.24, 2.45) is 0 Å². The first-order chi connectivity index (χ1) is 13.0. The van der Waals surface area contributed by atoms with Gasteiger partial charge >= 0.3 is 0 Å². The Hall–Kier alpha value is -2.09. The Morgan fingerprint density at radius 2 is 1.63 bits per heavy atom. The predicted octanol–water partition coefficient (Wildman–Crippen LogP) is 8.23. The van der Waals surface area contributed by atoms with Crippen LogP contribution >= 0.6 is 27.5 Å². The van der Waals surface area contributed by atoms with Crippen LogP contribution in [0.25, 0.3) is 33.0 Å². The number of halogens is 2. The van der Waals surface area contributed by atoms with Crippen molar-refractivity contribution in [3.05, 3.63) is 93.4 Å². The van der Waals surface area contributed by atoms with Gasteiger partial charge in [-0.2, -0.15) is 0 Å². The van der Waals surface area contributed by atoms with Crippen LogP contribution in [0.15, 0.2) is 77.3 Å². The Kier molecular flexibility index (Phi) is 3.76. The molecule has 0 atom stereocenters. The quantitative estimate of drug-likeness (QED) is 0.283. The second-order valence-corrected chi connectivity index (χ2v) is 8.95. The predicted molar refractivity (Wildman–Crippen MR) is 120 cm³/mol. The molecule has 0 nitrogen and oxygen atoms in total. The lowest BCUT2D eigenvalue weighted by molar-refractivity contribution is 0.666. The van der Waals surface area contributed by atoms with Gasteiger partial charge < -0.3 is 0 Å². The van der Waals surface area contributed by atoms with Crippen LogP contribution in [0.5, 0.6) is 0 Å². The Bertz CT molecular complexity index is 1200. The molecule has 0 aliphatic heterocycles. The van der Waals surface area contributed by atoms with Crippen LogP contribution in [-0.2, 0) is 5.41 Å². The summed E-state index contributed by atoms with van der Waals surface area (Å²) in [5.41, 5.74) is 7.61. The molecule has 4 aromatic rings. The van der Waals surface area contributed by atoms with Crippen molar-refractivity contribution >= 4 is 38.3 Å². The maximum absolute atomic E-state index is 6.52. The molecule has 0 fully saturated rings. The molecule has 0 bridgehead atoms. The second-order valence-electron chi connectivity index (χ2n) is 7.69. The molecule has 0 aromatic heterocycles. The second kappa shape index (κ2) is 5.95. The highest BCUT2D eigenvalue weighted by Gasteiger charge is 2.36. The molecule has 5 rings (SSSR count). The molecule has 4 aromatic carbocycles. The number of hydrogen-bond donors (Lipinski definition) is 0. The van der Waals surface area contributed by atoms with Crippen LogP contribution in [-0.4, -0.2) is 0 Å². The van der Waals surface area contributed by atoms with Crippen LogP contribution < -0.4 is 0 Å². The maximum atomic E-state index is 6.52. The van der Waals surface area contributed by atoms with Crippen LogP contribution in [0.4, 0.5) is 0 Å². The smallest absolute Gasteiger partial charge is 0.0495 e. The highest BCUT2D eigenvalue weighted by atomic mass is 79.9. The normalized spacial score (nSPS) is 14.2. The first kappa shape index (κ1) is 17.0. The third-order valence-electron chi connectivity index (χ3n) is 5.79. The van der Waals surface area contributed by atoms with E-state index in [2.05, 4.69) is 84.4 Å². The van der Waals surface area contributed by atoms with Crippen LogP contribution in [0.1, 0.15) is 25.0 Å². The topological polar surface area (TPSA) is 0 Å². The average molecular weight is 434 g/mol. The van der Waals surface area contributed by atoms with Crippen molar-refractivity contribution in [1.29, 1.82) is 0 Å². The summed E-state index contributed by atoms with van der Waals surface area (Å²) in [5, 5.41) is 3.41. The minimum absolute atomic E-state index is 0.0260. The summed E-state index contributed by atoms with van der Waals surface area (Å²) in [6.07, 6.45) is 0. The first-order valence-corrected chi connectivity index (χ1v) is 10.3. The van der Waals surface area contributed by atoms with Gasteiger partial charge in [-0.15, -0.1) is 0 Å². The Balaban J connectivity index is 1.81. The lowest BCUT2D eigenvalue weighted by Gasteiger charge is -2.23. The minimum Gasteiger partial charge on any atom is -0.0836 e. The van der Waals surface area contributed by atoms with E-state index in [1.807, 2.05) is 18.2 Å². The lowest BCUT2D eigenvalue weighted by Crippen LogP contribution is -2.15. The molecule has 0 radical (unpaired) electrons. The highest BCUT2D eigenvalue weighted by molar-refractivity contribution is 9.10. The molecule has 132 valence electrons. The third-order valence-corrected chi connectivity index (χ3v) is 6.76. The summed E-state index contributed by atoms with van der Waals surface area (Å²) in [4.78, 5) is 0. The zero-order chi connectivity index (χ0) is 18.8. The van der Waals surface area contributed by atoms with Crippen LogP contribution in [0, 0.1) is 0 Å². The van der Waals surface area contributed by atoms with Crippen LogP contribution in [0.3, 0.4) is 0 Å². The van der Waals surface area contributed by atoms with E-state index in [1.54, 1.807) is 0 Å². The summed E-state index contributed by atoms with van der Waals surface area (Å²) in [5.74, 6) is 0. The van der Waals surface area contributed by atoms with E-state index >= 15 is 0 Å². The molecule has 0 spiro atoms. The van der Waals surface area contributed by atoms with E-state index in [9.17, 15) is 0 Å². The van der Waals surface area contributed by atoms with E-state index in [-0.39, 0.29) is 5.41 Å². The number of benzene rings is 4. The standard InChI is InChI=1S/C25H18BrCl/c1-25(2)20-13-11-16(23-21(26)8-5-9-22(23)27)14-19(20)18-12-10-15-6-3-4-7-17(15)24(18)25/h3-14H,1-2H3. The van der Waals surface area contributed by atoms with Crippen molar-refractivity contribution < 1.29 is 0 Å². The largest absolute Gasteiger partial charge is 0.0836 e. The molecule has 0 saturated carbocycles. The van der Waals surface area contributed by atoms with Gasteiger partial charge in [0, 0.05) is 20.5 Å². The Morgan fingerprint density at radius 3 is 2.44 bits per heavy atom. The van der Waals surface area contributed by atoms with Crippen molar-refractivity contribution in [2.75, 3.05) is 0 Å². The SMILES string of the molecule is CC1(C)c2ccc(-c3c(Cl)cccc3Br)cc2-c2ccc3ccccc3c21. The van der Waals surface area contributed by atoms with Crippen molar-refractivity contribution in [2.45, 2.75) is 19.3 Å². The van der Waals surface area contributed by atoms with E-state index < -0.39 is 0 Å². The average Bonchev–Trinajstić information content (AvgIpc) is 2.89. The fraction of sp³-hybridized carbons (Fsp3) is 0.120. The van der Waals surface area contributed by atoms with E-state index in [0.717, 1.165) is 20.6 Å². The molecule has 0 heterocycles. The van der Waals surface area contributed by atoms with E-state index in [0.29, 0.717) is 0 Å². The molecule has 0 amide bonds. The number of hydrogen-bond acceptors (Lipinski definition) is 0.